The molecule has 1 aromatic carbocycles. The summed E-state index contributed by atoms with van der Waals surface area (Å²) in [6, 6.07) is 5.08. The van der Waals surface area contributed by atoms with Gasteiger partial charge in [0.15, 0.2) is 0 Å². The van der Waals surface area contributed by atoms with Gasteiger partial charge >= 0.3 is 0 Å². The lowest BCUT2D eigenvalue weighted by atomic mass is 9.95. The zero-order valence-electron chi connectivity index (χ0n) is 10.1. The summed E-state index contributed by atoms with van der Waals surface area (Å²) in [5, 5.41) is 0. The van der Waals surface area contributed by atoms with Gasteiger partial charge in [0, 0.05) is 6.61 Å². The van der Waals surface area contributed by atoms with Crippen molar-refractivity contribution >= 4 is 0 Å². The lowest BCUT2D eigenvalue weighted by Crippen LogP contribution is -2.39. The van der Waals surface area contributed by atoms with Crippen LogP contribution in [0.5, 0.6) is 0 Å². The molecule has 1 heterocycles. The first-order valence-corrected chi connectivity index (χ1v) is 6.06. The van der Waals surface area contributed by atoms with Crippen molar-refractivity contribution in [1.82, 2.24) is 5.43 Å². The largest absolute Gasteiger partial charge is 0.376 e. The Bertz CT molecular complexity index is 378. The molecule has 0 saturated carbocycles. The van der Waals surface area contributed by atoms with E-state index in [-0.39, 0.29) is 18.0 Å². The minimum atomic E-state index is -0.196. The smallest absolute Gasteiger partial charge is 0.126 e. The molecule has 1 aliphatic heterocycles. The van der Waals surface area contributed by atoms with Crippen LogP contribution >= 0.6 is 0 Å². The van der Waals surface area contributed by atoms with Crippen molar-refractivity contribution in [1.29, 1.82) is 0 Å². The number of aryl methyl sites for hydroxylation is 1. The Morgan fingerprint density at radius 1 is 1.47 bits per heavy atom. The predicted molar refractivity (Wildman–Crippen MR) is 64.8 cm³/mol. The number of nitrogens with two attached hydrogens (primary N) is 1. The number of hydrogen-bond donors (Lipinski definition) is 2. The third-order valence-corrected chi connectivity index (χ3v) is 3.32. The van der Waals surface area contributed by atoms with Crippen LogP contribution in [-0.4, -0.2) is 12.7 Å². The lowest BCUT2D eigenvalue weighted by Gasteiger charge is -2.30. The summed E-state index contributed by atoms with van der Waals surface area (Å²) in [7, 11) is 0. The summed E-state index contributed by atoms with van der Waals surface area (Å²) in [6.07, 6.45) is 3.23. The summed E-state index contributed by atoms with van der Waals surface area (Å²) in [4.78, 5) is 0. The SMILES string of the molecule is Cc1ccc(C(NN)C2CCCCO2)cc1F. The van der Waals surface area contributed by atoms with Crippen LogP contribution in [-0.2, 0) is 4.74 Å². The predicted octanol–water partition coefficient (Wildman–Crippen LogP) is 2.21. The summed E-state index contributed by atoms with van der Waals surface area (Å²) >= 11 is 0. The third-order valence-electron chi connectivity index (χ3n) is 3.32. The van der Waals surface area contributed by atoms with Gasteiger partial charge < -0.3 is 4.74 Å². The highest BCUT2D eigenvalue weighted by molar-refractivity contribution is 5.26. The fourth-order valence-electron chi connectivity index (χ4n) is 2.25. The van der Waals surface area contributed by atoms with E-state index in [1.54, 1.807) is 13.0 Å². The van der Waals surface area contributed by atoms with Gasteiger partial charge in [0.2, 0.25) is 0 Å². The molecule has 94 valence electrons. The average Bonchev–Trinajstić information content (AvgIpc) is 2.36. The van der Waals surface area contributed by atoms with Crippen molar-refractivity contribution in [2.75, 3.05) is 6.61 Å². The number of benzene rings is 1. The maximum Gasteiger partial charge on any atom is 0.126 e. The molecule has 1 saturated heterocycles. The van der Waals surface area contributed by atoms with Crippen molar-refractivity contribution in [3.63, 3.8) is 0 Å². The first kappa shape index (κ1) is 12.5. The molecule has 0 amide bonds. The van der Waals surface area contributed by atoms with E-state index < -0.39 is 0 Å². The van der Waals surface area contributed by atoms with Crippen LogP contribution in [0.25, 0.3) is 0 Å². The molecule has 4 heteroatoms. The Morgan fingerprint density at radius 3 is 2.88 bits per heavy atom. The van der Waals surface area contributed by atoms with E-state index >= 15 is 0 Å². The fraction of sp³-hybridized carbons (Fsp3) is 0.538. The Kier molecular flexibility index (Phi) is 4.10. The summed E-state index contributed by atoms with van der Waals surface area (Å²) in [5.41, 5.74) is 4.24. The molecule has 1 aromatic rings. The van der Waals surface area contributed by atoms with Crippen LogP contribution in [0.4, 0.5) is 4.39 Å². The molecule has 3 N–H and O–H groups in total. The van der Waals surface area contributed by atoms with Crippen LogP contribution in [0.1, 0.15) is 36.4 Å². The van der Waals surface area contributed by atoms with E-state index in [0.29, 0.717) is 5.56 Å². The van der Waals surface area contributed by atoms with Gasteiger partial charge in [-0.15, -0.1) is 0 Å². The molecule has 0 aromatic heterocycles. The lowest BCUT2D eigenvalue weighted by molar-refractivity contribution is -0.00827. The normalized spacial score (nSPS) is 22.4. The standard InChI is InChI=1S/C13H19FN2O/c1-9-5-6-10(8-11(9)14)13(16-15)12-4-2-3-7-17-12/h5-6,8,12-13,16H,2-4,7,15H2,1H3. The van der Waals surface area contributed by atoms with Crippen molar-refractivity contribution < 1.29 is 9.13 Å². The van der Waals surface area contributed by atoms with Crippen molar-refractivity contribution in [2.45, 2.75) is 38.3 Å². The van der Waals surface area contributed by atoms with Crippen LogP contribution in [0.3, 0.4) is 0 Å². The second kappa shape index (κ2) is 5.58. The first-order valence-electron chi connectivity index (χ1n) is 6.06. The van der Waals surface area contributed by atoms with E-state index in [4.69, 9.17) is 10.6 Å². The molecule has 3 nitrogen and oxygen atoms in total. The van der Waals surface area contributed by atoms with Crippen LogP contribution < -0.4 is 11.3 Å². The quantitative estimate of drug-likeness (QED) is 0.627. The minimum absolute atomic E-state index is 0.0378. The molecule has 0 spiro atoms. The second-order valence-electron chi connectivity index (χ2n) is 4.56. The van der Waals surface area contributed by atoms with Crippen LogP contribution in [0, 0.1) is 12.7 Å². The number of hydrogen-bond acceptors (Lipinski definition) is 3. The molecular weight excluding hydrogens is 219 g/mol. The first-order chi connectivity index (χ1) is 8.22. The van der Waals surface area contributed by atoms with Gasteiger partial charge in [-0.3, -0.25) is 11.3 Å². The Hall–Kier alpha value is -0.970. The zero-order chi connectivity index (χ0) is 12.3. The van der Waals surface area contributed by atoms with E-state index in [1.165, 1.54) is 6.07 Å². The highest BCUT2D eigenvalue weighted by atomic mass is 19.1. The number of nitrogens with one attached hydrogen (secondary N) is 1. The molecule has 2 atom stereocenters. The molecule has 1 aliphatic rings. The van der Waals surface area contributed by atoms with Crippen molar-refractivity contribution in [3.05, 3.63) is 35.1 Å². The molecule has 0 aliphatic carbocycles. The van der Waals surface area contributed by atoms with E-state index in [1.807, 2.05) is 6.07 Å². The van der Waals surface area contributed by atoms with Crippen LogP contribution in [0.15, 0.2) is 18.2 Å². The summed E-state index contributed by atoms with van der Waals surface area (Å²) < 4.78 is 19.2. The zero-order valence-corrected chi connectivity index (χ0v) is 10.1. The van der Waals surface area contributed by atoms with Gasteiger partial charge in [-0.25, -0.2) is 4.39 Å². The molecule has 2 rings (SSSR count). The Balaban J connectivity index is 2.18. The van der Waals surface area contributed by atoms with Gasteiger partial charge in [0.05, 0.1) is 12.1 Å². The molecule has 0 radical (unpaired) electrons. The number of hydrazine groups is 1. The highest BCUT2D eigenvalue weighted by Crippen LogP contribution is 2.26. The van der Waals surface area contributed by atoms with E-state index in [0.717, 1.165) is 31.4 Å². The number of halogens is 1. The second-order valence-corrected chi connectivity index (χ2v) is 4.56. The van der Waals surface area contributed by atoms with Crippen LogP contribution in [0.2, 0.25) is 0 Å². The monoisotopic (exact) mass is 238 g/mol. The fourth-order valence-corrected chi connectivity index (χ4v) is 2.25. The topological polar surface area (TPSA) is 47.3 Å². The molecule has 0 bridgehead atoms. The maximum absolute atomic E-state index is 13.5. The maximum atomic E-state index is 13.5. The summed E-state index contributed by atoms with van der Waals surface area (Å²) in [6.45, 7) is 2.51. The van der Waals surface area contributed by atoms with Crippen molar-refractivity contribution in [3.8, 4) is 0 Å². The highest BCUT2D eigenvalue weighted by Gasteiger charge is 2.25. The van der Waals surface area contributed by atoms with E-state index in [2.05, 4.69) is 5.43 Å². The molecule has 17 heavy (non-hydrogen) atoms. The number of rotatable bonds is 3. The number of ether oxygens (including phenoxy) is 1. The molecule has 1 fully saturated rings. The van der Waals surface area contributed by atoms with Crippen molar-refractivity contribution in [2.24, 2.45) is 5.84 Å². The minimum Gasteiger partial charge on any atom is -0.376 e. The molecule has 2 unspecified atom stereocenters. The Labute approximate surface area is 101 Å². The van der Waals surface area contributed by atoms with Gasteiger partial charge in [-0.2, -0.15) is 0 Å². The van der Waals surface area contributed by atoms with Gasteiger partial charge in [-0.05, 0) is 43.4 Å². The third kappa shape index (κ3) is 2.83. The van der Waals surface area contributed by atoms with Gasteiger partial charge in [0.25, 0.3) is 0 Å². The van der Waals surface area contributed by atoms with Gasteiger partial charge in [-0.1, -0.05) is 12.1 Å². The average molecular weight is 238 g/mol. The molecular formula is C13H19FN2O. The van der Waals surface area contributed by atoms with Gasteiger partial charge in [0.1, 0.15) is 5.82 Å². The Morgan fingerprint density at radius 2 is 2.29 bits per heavy atom. The summed E-state index contributed by atoms with van der Waals surface area (Å²) in [5.74, 6) is 5.38. The van der Waals surface area contributed by atoms with E-state index in [9.17, 15) is 4.39 Å².